The van der Waals surface area contributed by atoms with Gasteiger partial charge in [-0.25, -0.2) is 4.67 Å². The van der Waals surface area contributed by atoms with Gasteiger partial charge in [-0.05, 0) is 4.57 Å². The summed E-state index contributed by atoms with van der Waals surface area (Å²) in [5.41, 5.74) is 0. The van der Waals surface area contributed by atoms with Crippen molar-refractivity contribution in [1.82, 2.24) is 0 Å². The molecular formula is C7H31Na4O5P. The molecule has 0 saturated carbocycles. The molecule has 98 valence electrons. The van der Waals surface area contributed by atoms with E-state index < -0.39 is 8.25 Å². The van der Waals surface area contributed by atoms with Crippen molar-refractivity contribution < 1.29 is 85.4 Å². The summed E-state index contributed by atoms with van der Waals surface area (Å²) < 4.78 is 11.3. The van der Waals surface area contributed by atoms with Crippen molar-refractivity contribution in [1.29, 1.82) is 0 Å². The minimum absolute atomic E-state index is 0. The van der Waals surface area contributed by atoms with Gasteiger partial charge in [-0.1, -0.05) is 52.0 Å². The van der Waals surface area contributed by atoms with Crippen LogP contribution in [0.5, 0.6) is 0 Å². The molecule has 5 nitrogen and oxygen atoms in total. The average Bonchev–Trinajstić information content (AvgIpc) is 1.73. The van der Waals surface area contributed by atoms with E-state index in [1.54, 1.807) is 0 Å². The molecule has 1 unspecified atom stereocenters. The van der Waals surface area contributed by atoms with E-state index in [-0.39, 0.29) is 118 Å². The quantitative estimate of drug-likeness (QED) is 0.212. The van der Waals surface area contributed by atoms with Crippen LogP contribution in [0.2, 0.25) is 0 Å². The predicted octanol–water partition coefficient (Wildman–Crippen LogP) is -3.94. The zero-order valence-corrected chi connectivity index (χ0v) is 15.4. The first-order chi connectivity index (χ1) is 3.27. The Morgan fingerprint density at radius 3 is 0.941 bits per heavy atom. The fourth-order valence-electron chi connectivity index (χ4n) is 0. The van der Waals surface area contributed by atoms with Gasteiger partial charge in [0, 0.05) is 1.43 Å². The molecule has 0 aliphatic rings. The van der Waals surface area contributed by atoms with Crippen molar-refractivity contribution in [2.45, 2.75) is 52.0 Å². The maximum absolute atomic E-state index is 8.87. The Labute approximate surface area is 186 Å². The van der Waals surface area contributed by atoms with Gasteiger partial charge in [0.2, 0.25) is 0 Å². The van der Waals surface area contributed by atoms with Crippen molar-refractivity contribution in [2.24, 2.45) is 0 Å². The van der Waals surface area contributed by atoms with Gasteiger partial charge in [-0.2, -0.15) is 0 Å². The maximum Gasteiger partial charge on any atom is -0.870 e. The molecule has 0 aromatic carbocycles. The molecule has 0 spiro atoms. The SMILES string of the molecule is C.C.C.C.C.C.C.O=[P+]([O-])O[O-].[2HH].[Na+].[Na+].[Na][Na].[OH-]. The Hall–Kier alpha value is 3.94. The first kappa shape index (κ1) is 104. The van der Waals surface area contributed by atoms with Crippen LogP contribution in [0.15, 0.2) is 0 Å². The summed E-state index contributed by atoms with van der Waals surface area (Å²) in [5.74, 6) is 0. The number of hydrogen-bond acceptors (Lipinski definition) is 5. The molecule has 0 fully saturated rings. The van der Waals surface area contributed by atoms with Gasteiger partial charge in [-0.3, -0.25) is 0 Å². The minimum Gasteiger partial charge on any atom is -0.870 e. The topological polar surface area (TPSA) is 102 Å². The van der Waals surface area contributed by atoms with Gasteiger partial charge >= 0.3 is 111 Å². The van der Waals surface area contributed by atoms with Gasteiger partial charge in [-0.15, -0.1) is 0 Å². The van der Waals surface area contributed by atoms with Crippen molar-refractivity contribution in [3.63, 3.8) is 0 Å². The Morgan fingerprint density at radius 1 is 0.882 bits per heavy atom. The first-order valence-electron chi connectivity index (χ1n) is 1.71. The third-order valence-electron chi connectivity index (χ3n) is 0.0609. The second-order valence-electron chi connectivity index (χ2n) is 0.298. The average molecular weight is 319 g/mol. The standard InChI is InChI=1S/7CH4.4Na.HO4P.H2O.H2/c;;;;;;;;;;;1-4-5(2)3;;/h7*1H4;;;;;1H;1H2;1H/q;;;;;;;;;2*+1;;;/p-2/i;;;;;;;;;;;;;1+1. The molecule has 1 atom stereocenters. The second-order valence-corrected chi connectivity index (χ2v) is 0.894. The molecule has 0 aliphatic carbocycles. The molecule has 0 saturated heterocycles. The zero-order chi connectivity index (χ0) is 6.28. The van der Waals surface area contributed by atoms with Crippen LogP contribution in [0.1, 0.15) is 53.4 Å². The molecule has 10 heteroatoms. The van der Waals surface area contributed by atoms with Crippen LogP contribution in [0.3, 0.4) is 0 Å². The van der Waals surface area contributed by atoms with Gasteiger partial charge in [0.05, 0.1) is 0 Å². The minimum atomic E-state index is -3.15. The summed E-state index contributed by atoms with van der Waals surface area (Å²) in [6.07, 6.45) is 0. The molecule has 0 amide bonds. The van der Waals surface area contributed by atoms with Crippen molar-refractivity contribution >= 4 is 51.9 Å². The fourth-order valence-corrected chi connectivity index (χ4v) is 0. The summed E-state index contributed by atoms with van der Waals surface area (Å²) in [6, 6.07) is 0. The van der Waals surface area contributed by atoms with Crippen LogP contribution in [0.4, 0.5) is 0 Å². The number of rotatable bonds is 1. The van der Waals surface area contributed by atoms with Gasteiger partial charge in [0.15, 0.2) is 0 Å². The summed E-state index contributed by atoms with van der Waals surface area (Å²) in [6.45, 7) is 0. The van der Waals surface area contributed by atoms with E-state index >= 15 is 0 Å². The molecule has 0 aromatic heterocycles. The van der Waals surface area contributed by atoms with Crippen LogP contribution >= 0.6 is 8.25 Å². The van der Waals surface area contributed by atoms with Crippen LogP contribution in [-0.2, 0) is 9.24 Å². The Morgan fingerprint density at radius 2 is 0.941 bits per heavy atom. The molecule has 0 aromatic rings. The van der Waals surface area contributed by atoms with Crippen molar-refractivity contribution in [3.8, 4) is 0 Å². The van der Waals surface area contributed by atoms with Gasteiger partial charge in [0.25, 0.3) is 0 Å². The molecule has 1 N–H and O–H groups in total. The summed E-state index contributed by atoms with van der Waals surface area (Å²) >= 11 is 2.89. The Kier molecular flexibility index (Phi) is 695. The van der Waals surface area contributed by atoms with Gasteiger partial charge < -0.3 is 15.6 Å². The second kappa shape index (κ2) is 113. The summed E-state index contributed by atoms with van der Waals surface area (Å²) in [5, 5.41) is 8.53. The molecule has 17 heavy (non-hydrogen) atoms. The molecule has 0 heterocycles. The molecular weight excluding hydrogens is 287 g/mol. The smallest absolute Gasteiger partial charge is 0.870 e. The zero-order valence-electron chi connectivity index (χ0n) is 6.53. The summed E-state index contributed by atoms with van der Waals surface area (Å²) in [4.78, 5) is 8.87. The fraction of sp³-hybridized carbons (Fsp3) is 1.00. The van der Waals surface area contributed by atoms with E-state index in [0.717, 1.165) is 0 Å². The van der Waals surface area contributed by atoms with Crippen LogP contribution in [-0.4, -0.2) is 49.1 Å². The normalized spacial score (nSPS) is 3.76. The first-order valence-corrected chi connectivity index (χ1v) is 10.8. The molecule has 0 aliphatic heterocycles. The Bertz CT molecular complexity index is 71.1. The van der Waals surface area contributed by atoms with Crippen molar-refractivity contribution in [2.75, 3.05) is 0 Å². The largest absolute Gasteiger partial charge is 0.870 e. The molecule has 0 rings (SSSR count). The van der Waals surface area contributed by atoms with E-state index in [1.807, 2.05) is 0 Å². The third-order valence-corrected chi connectivity index (χ3v) is 0.183. The maximum atomic E-state index is 8.87. The predicted molar refractivity (Wildman–Crippen MR) is 71.4 cm³/mol. The third kappa shape index (κ3) is 182. The number of hydrogen-bond donors (Lipinski definition) is 0. The molecule has 0 bridgehead atoms. The van der Waals surface area contributed by atoms with E-state index in [1.165, 1.54) is 43.6 Å². The van der Waals surface area contributed by atoms with E-state index in [4.69, 9.17) is 14.7 Å². The van der Waals surface area contributed by atoms with Crippen LogP contribution in [0.25, 0.3) is 0 Å². The van der Waals surface area contributed by atoms with Crippen molar-refractivity contribution in [3.05, 3.63) is 0 Å². The monoisotopic (exact) mass is 319 g/mol. The summed E-state index contributed by atoms with van der Waals surface area (Å²) in [7, 11) is -3.15. The van der Waals surface area contributed by atoms with E-state index in [9.17, 15) is 0 Å². The van der Waals surface area contributed by atoms with Crippen LogP contribution in [0, 0.1) is 0 Å². The van der Waals surface area contributed by atoms with Crippen LogP contribution < -0.4 is 69.3 Å². The van der Waals surface area contributed by atoms with E-state index in [0.29, 0.717) is 0 Å². The van der Waals surface area contributed by atoms with E-state index in [2.05, 4.69) is 4.67 Å². The Balaban J connectivity index is -0.00000000168. The van der Waals surface area contributed by atoms with Gasteiger partial charge in [0.1, 0.15) is 0 Å². The molecule has 0 radical (unpaired) electrons.